The molecule has 17 aromatic rings. The maximum Gasteiger partial charge on any atom is 0.326 e. The van der Waals surface area contributed by atoms with E-state index >= 15 is 0 Å². The highest BCUT2D eigenvalue weighted by molar-refractivity contribution is 7.57. The molecule has 138 heavy (non-hydrogen) atoms. The van der Waals surface area contributed by atoms with Crippen molar-refractivity contribution in [3.8, 4) is 124 Å². The van der Waals surface area contributed by atoms with Gasteiger partial charge in [-0.3, -0.25) is 9.69 Å². The van der Waals surface area contributed by atoms with E-state index in [1.807, 2.05) is 196 Å². The van der Waals surface area contributed by atoms with Gasteiger partial charge >= 0.3 is 16.8 Å². The Morgan fingerprint density at radius 3 is 1.12 bits per heavy atom. The molecule has 0 bridgehead atoms. The molecule has 2 atom stereocenters. The molecule has 698 valence electrons. The lowest BCUT2D eigenvalue weighted by molar-refractivity contribution is 0.0773. The standard InChI is InChI=1S/C31H31O3P.C30H29O5P.C29H26NO3P.C29H28NO2P/c1-20-14-22(3)30-25(16-20)18-26-17-21(2)15-23(4)31(26)34-35(33-30)19-24-10-6-7-11-27(24)28-12-8-9-13-29(28)32-5;1-19-14-22(31-3)16-26-27-17-23(32-4)15-20(2)30(27)35-36(34-29(19)26)18-21-10-6-7-11-24(21)25-12-8-9-13-28(25)33-5;1-3-30(4-2)29(31)25-17-6-5-13-21(25)22-14-7-10-18-26(22)32-34-28-20-12-9-16-24(28)23-15-8-11-19-27(23)33-34;1-3-30(4-2)21-22-13-5-6-14-23(22)24-15-7-10-18-27(24)31-33-29-20-12-9-17-26(29)25-16-8-11-19-28(25)32-33/h6-17H,18-19H2,1-5H3;6-17H,18H2,1-5H3;5-20H,3-4H2,1-2H3;5-20H,3-4,21H2,1-2H3. The van der Waals surface area contributed by atoms with Crippen molar-refractivity contribution in [2.45, 2.75) is 94.5 Å². The Kier molecular flexibility index (Phi) is 30.9. The van der Waals surface area contributed by atoms with Gasteiger partial charge < -0.3 is 59.4 Å². The lowest BCUT2D eigenvalue weighted by Crippen LogP contribution is -2.30. The second-order valence-electron chi connectivity index (χ2n) is 34.1. The minimum atomic E-state index is -1.40. The highest BCUT2D eigenvalue weighted by Gasteiger charge is 2.34. The third-order valence-corrected chi connectivity index (χ3v) is 30.7. The average molecular weight is 1900 g/mol. The number of carbonyl (C=O) groups is 1. The van der Waals surface area contributed by atoms with E-state index in [-0.39, 0.29) is 5.91 Å². The summed E-state index contributed by atoms with van der Waals surface area (Å²) in [5.41, 5.74) is 28.1. The first kappa shape index (κ1) is 95.8. The number of para-hydroxylation sites is 6. The maximum atomic E-state index is 13.3. The molecule has 0 saturated heterocycles. The number of methoxy groups -OCH3 is 4. The van der Waals surface area contributed by atoms with Gasteiger partial charge in [0.1, 0.15) is 68.7 Å². The van der Waals surface area contributed by atoms with Gasteiger partial charge in [-0.15, -0.1) is 0 Å². The van der Waals surface area contributed by atoms with Gasteiger partial charge in [0.25, 0.3) is 14.3 Å². The lowest BCUT2D eigenvalue weighted by atomic mass is 9.96. The number of nitrogens with zero attached hydrogens (tertiary/aromatic N) is 2. The molecule has 20 rings (SSSR count). The number of amides is 1. The molecule has 2 unspecified atom stereocenters. The summed E-state index contributed by atoms with van der Waals surface area (Å²) >= 11 is 0. The third-order valence-electron chi connectivity index (χ3n) is 25.0. The summed E-state index contributed by atoms with van der Waals surface area (Å²) in [7, 11) is 1.44. The molecule has 1 amide bonds. The summed E-state index contributed by atoms with van der Waals surface area (Å²) in [6.45, 7) is 25.4. The molecule has 4 heterocycles. The summed E-state index contributed by atoms with van der Waals surface area (Å²) in [4.78, 5) is 17.5. The fourth-order valence-corrected chi connectivity index (χ4v) is 24.5. The second-order valence-corrected chi connectivity index (χ2v) is 39.5. The fraction of sp³-hybridized carbons (Fsp3) is 0.185. The molecule has 3 aliphatic heterocycles. The zero-order valence-corrected chi connectivity index (χ0v) is 84.1. The number of hydrogen-bond donors (Lipinski definition) is 0. The van der Waals surface area contributed by atoms with Gasteiger partial charge in [0, 0.05) is 75.8 Å². The van der Waals surface area contributed by atoms with E-state index in [1.54, 1.807) is 28.4 Å². The Bertz CT molecular complexity index is 7160. The summed E-state index contributed by atoms with van der Waals surface area (Å²) in [5.74, 6) is 8.43. The van der Waals surface area contributed by atoms with Crippen molar-refractivity contribution in [3.63, 3.8) is 0 Å². The molecule has 0 aliphatic carbocycles. The number of carbonyl (C=O) groups excluding carboxylic acids is 1. The first-order chi connectivity index (χ1) is 67.4. The number of aryl methyl sites for hydroxylation is 6. The smallest absolute Gasteiger partial charge is 0.326 e. The van der Waals surface area contributed by atoms with E-state index < -0.39 is 33.1 Å². The van der Waals surface area contributed by atoms with Crippen molar-refractivity contribution in [2.75, 3.05) is 54.6 Å². The van der Waals surface area contributed by atoms with Crippen molar-refractivity contribution in [1.82, 2.24) is 9.80 Å². The average Bonchev–Trinajstić information content (AvgIpc) is 1.33. The van der Waals surface area contributed by atoms with Crippen LogP contribution in [-0.2, 0) is 25.3 Å². The Balaban J connectivity index is 0.000000127. The van der Waals surface area contributed by atoms with Crippen LogP contribution in [0, 0.1) is 41.5 Å². The van der Waals surface area contributed by atoms with Gasteiger partial charge in [-0.2, -0.15) is 0 Å². The Labute approximate surface area is 815 Å². The number of hydrogen-bond acceptors (Lipinski definition) is 14. The van der Waals surface area contributed by atoms with Crippen LogP contribution in [-0.4, -0.2) is 70.3 Å². The second kappa shape index (κ2) is 44.5. The minimum Gasteiger partial charge on any atom is -0.497 e. The van der Waals surface area contributed by atoms with Gasteiger partial charge in [-0.1, -0.05) is 286 Å². The van der Waals surface area contributed by atoms with E-state index in [4.69, 9.17) is 54.5 Å². The molecule has 1 aromatic heterocycles. The van der Waals surface area contributed by atoms with E-state index in [0.717, 1.165) is 194 Å². The topological polar surface area (TPSA) is 142 Å². The first-order valence-electron chi connectivity index (χ1n) is 46.8. The van der Waals surface area contributed by atoms with E-state index in [9.17, 15) is 4.79 Å². The van der Waals surface area contributed by atoms with Crippen LogP contribution in [0.25, 0.3) is 88.7 Å². The van der Waals surface area contributed by atoms with Crippen LogP contribution in [0.4, 0.5) is 0 Å². The normalized spacial score (nSPS) is 13.0. The molecular formula is C119H114N2O13P4. The van der Waals surface area contributed by atoms with Crippen molar-refractivity contribution in [2.24, 2.45) is 0 Å². The quantitative estimate of drug-likeness (QED) is 0.0561. The Morgan fingerprint density at radius 1 is 0.326 bits per heavy atom. The molecule has 3 aliphatic rings. The zero-order valence-electron chi connectivity index (χ0n) is 80.5. The summed E-state index contributed by atoms with van der Waals surface area (Å²) in [5, 5.41) is 4.02. The number of fused-ring (bicyclic) bond motifs is 11. The molecule has 16 aromatic carbocycles. The highest BCUT2D eigenvalue weighted by atomic mass is 31.2. The Hall–Kier alpha value is -13.9. The minimum absolute atomic E-state index is 0.0225. The van der Waals surface area contributed by atoms with Crippen molar-refractivity contribution in [1.29, 1.82) is 0 Å². The van der Waals surface area contributed by atoms with Crippen LogP contribution in [0.1, 0.15) is 99.3 Å². The van der Waals surface area contributed by atoms with Gasteiger partial charge in [0.05, 0.1) is 51.4 Å². The van der Waals surface area contributed by atoms with Crippen LogP contribution >= 0.6 is 33.1 Å². The van der Waals surface area contributed by atoms with Gasteiger partial charge in [-0.05, 0) is 231 Å². The predicted octanol–water partition coefficient (Wildman–Crippen LogP) is 31.3. The van der Waals surface area contributed by atoms with E-state index in [2.05, 4.69) is 222 Å². The number of rotatable bonds is 23. The SMILES string of the molecule is CCN(CC)C(=O)c1ccccc1-c1ccccc1OP1Oc2ccccc2-c2ccccc21.CCN(CC)Cc1ccccc1-c1ccccc1OP1Oc2ccccc2-c2ccccc21.COc1cc(C)c2op(Cc3ccccc3-c3ccccc3OC)oc3c(C)cc(OC)cc3c2c1.COc1ccccc1-c1ccccc1CP1Oc2c(C)cc(C)cc2Cc2cc(C)cc(C)c2O1. The zero-order chi connectivity index (χ0) is 95.9. The summed E-state index contributed by atoms with van der Waals surface area (Å²) in [6, 6.07) is 115. The third kappa shape index (κ3) is 21.3. The molecule has 0 radical (unpaired) electrons. The van der Waals surface area contributed by atoms with Crippen molar-refractivity contribution < 1.29 is 59.3 Å². The predicted molar refractivity (Wildman–Crippen MR) is 568 cm³/mol. The molecule has 19 heteroatoms. The van der Waals surface area contributed by atoms with Crippen LogP contribution in [0.15, 0.2) is 348 Å². The molecule has 15 nitrogen and oxygen atoms in total. The Morgan fingerprint density at radius 2 is 0.681 bits per heavy atom. The molecule has 0 spiro atoms. The first-order valence-corrected chi connectivity index (χ1v) is 51.9. The van der Waals surface area contributed by atoms with Crippen LogP contribution in [0.3, 0.4) is 0 Å². The number of benzene rings is 16. The molecule has 0 saturated carbocycles. The fourth-order valence-electron chi connectivity index (χ4n) is 18.2. The van der Waals surface area contributed by atoms with E-state index in [0.29, 0.717) is 36.7 Å². The van der Waals surface area contributed by atoms with Gasteiger partial charge in [0.15, 0.2) is 0 Å². The van der Waals surface area contributed by atoms with Crippen LogP contribution in [0.2, 0.25) is 0 Å². The maximum absolute atomic E-state index is 13.3. The van der Waals surface area contributed by atoms with Crippen LogP contribution < -0.4 is 56.7 Å². The monoisotopic (exact) mass is 1900 g/mol. The summed E-state index contributed by atoms with van der Waals surface area (Å²) < 4.78 is 75.3. The van der Waals surface area contributed by atoms with Crippen molar-refractivity contribution >= 4 is 71.6 Å². The molecular weight excluding hydrogens is 1790 g/mol. The van der Waals surface area contributed by atoms with Crippen LogP contribution in [0.5, 0.6) is 57.5 Å². The van der Waals surface area contributed by atoms with E-state index in [1.165, 1.54) is 44.5 Å². The summed E-state index contributed by atoms with van der Waals surface area (Å²) in [6.07, 6.45) is 2.08. The molecule has 0 fully saturated rings. The van der Waals surface area contributed by atoms with Gasteiger partial charge in [0.2, 0.25) is 8.01 Å². The largest absolute Gasteiger partial charge is 0.497 e. The van der Waals surface area contributed by atoms with Gasteiger partial charge in [-0.25, -0.2) is 0 Å². The lowest BCUT2D eigenvalue weighted by Gasteiger charge is -2.28. The molecule has 0 N–H and O–H groups in total. The van der Waals surface area contributed by atoms with Crippen molar-refractivity contribution in [3.05, 3.63) is 406 Å². The number of ether oxygens (including phenoxy) is 4. The highest BCUT2D eigenvalue weighted by Crippen LogP contribution is 2.56.